The van der Waals surface area contributed by atoms with Crippen molar-refractivity contribution in [1.29, 1.82) is 0 Å². The highest BCUT2D eigenvalue weighted by atomic mass is 79.9. The summed E-state index contributed by atoms with van der Waals surface area (Å²) in [6.45, 7) is 5.99. The fraction of sp³-hybridized carbons (Fsp3) is 0.438. The van der Waals surface area contributed by atoms with Crippen LogP contribution in [0.2, 0.25) is 0 Å². The van der Waals surface area contributed by atoms with Crippen molar-refractivity contribution in [1.82, 2.24) is 0 Å². The topological polar surface area (TPSA) is 40.5 Å². The number of hydrogen-bond donors (Lipinski definition) is 1. The standard InChI is InChI=1S/C16H20BrNO2/c1-11-5-7-18(8-6-11)15-4-3-14(17)10-13(15)9-12(2)16(19)20/h3-4,9-11H,5-8H2,1-2H3,(H,19,20)/b12-9+. The monoisotopic (exact) mass is 337 g/mol. The summed E-state index contributed by atoms with van der Waals surface area (Å²) < 4.78 is 0.969. The lowest BCUT2D eigenvalue weighted by Crippen LogP contribution is -2.33. The third kappa shape index (κ3) is 3.63. The normalized spacial score (nSPS) is 17.4. The summed E-state index contributed by atoms with van der Waals surface area (Å²) in [5.74, 6) is -0.0929. The number of piperidine rings is 1. The van der Waals surface area contributed by atoms with Crippen molar-refractivity contribution >= 4 is 33.7 Å². The van der Waals surface area contributed by atoms with Crippen LogP contribution in [0, 0.1) is 5.92 Å². The summed E-state index contributed by atoms with van der Waals surface area (Å²) in [5.41, 5.74) is 2.45. The Hall–Kier alpha value is -1.29. The van der Waals surface area contributed by atoms with Gasteiger partial charge in [-0.1, -0.05) is 22.9 Å². The SMILES string of the molecule is C/C(=C\c1cc(Br)ccc1N1CCC(C)CC1)C(=O)O. The molecule has 108 valence electrons. The molecule has 1 aliphatic rings. The van der Waals surface area contributed by atoms with E-state index < -0.39 is 5.97 Å². The van der Waals surface area contributed by atoms with Crippen molar-refractivity contribution in [2.24, 2.45) is 5.92 Å². The lowest BCUT2D eigenvalue weighted by atomic mass is 9.98. The Morgan fingerprint density at radius 1 is 1.40 bits per heavy atom. The third-order valence-electron chi connectivity index (χ3n) is 3.82. The second kappa shape index (κ2) is 6.44. The molecule has 1 aromatic rings. The van der Waals surface area contributed by atoms with Gasteiger partial charge in [-0.2, -0.15) is 0 Å². The van der Waals surface area contributed by atoms with Crippen LogP contribution in [0.5, 0.6) is 0 Å². The summed E-state index contributed by atoms with van der Waals surface area (Å²) >= 11 is 3.46. The van der Waals surface area contributed by atoms with Gasteiger partial charge in [0.15, 0.2) is 0 Å². The average molecular weight is 338 g/mol. The first-order valence-electron chi connectivity index (χ1n) is 6.93. The van der Waals surface area contributed by atoms with E-state index in [9.17, 15) is 4.79 Å². The van der Waals surface area contributed by atoms with Crippen molar-refractivity contribution in [2.75, 3.05) is 18.0 Å². The van der Waals surface area contributed by atoms with Gasteiger partial charge in [-0.3, -0.25) is 0 Å². The van der Waals surface area contributed by atoms with Crippen molar-refractivity contribution < 1.29 is 9.90 Å². The van der Waals surface area contributed by atoms with Gasteiger partial charge in [-0.15, -0.1) is 0 Å². The second-order valence-corrected chi connectivity index (χ2v) is 6.42. The van der Waals surface area contributed by atoms with Gasteiger partial charge in [0, 0.05) is 28.8 Å². The number of aliphatic carboxylic acids is 1. The predicted molar refractivity (Wildman–Crippen MR) is 86.0 cm³/mol. The van der Waals surface area contributed by atoms with Crippen LogP contribution in [0.15, 0.2) is 28.2 Å². The second-order valence-electron chi connectivity index (χ2n) is 5.51. The van der Waals surface area contributed by atoms with Gasteiger partial charge in [0.1, 0.15) is 0 Å². The van der Waals surface area contributed by atoms with Crippen LogP contribution in [-0.4, -0.2) is 24.2 Å². The van der Waals surface area contributed by atoms with Crippen LogP contribution in [0.4, 0.5) is 5.69 Å². The number of carboxylic acid groups (broad SMARTS) is 1. The molecule has 0 bridgehead atoms. The quantitative estimate of drug-likeness (QED) is 0.841. The highest BCUT2D eigenvalue weighted by Gasteiger charge is 2.18. The average Bonchev–Trinajstić information content (AvgIpc) is 2.40. The number of carbonyl (C=O) groups is 1. The summed E-state index contributed by atoms with van der Waals surface area (Å²) in [7, 11) is 0. The molecule has 2 rings (SSSR count). The van der Waals surface area contributed by atoms with Gasteiger partial charge < -0.3 is 10.0 Å². The Labute approximate surface area is 128 Å². The Morgan fingerprint density at radius 2 is 2.05 bits per heavy atom. The predicted octanol–water partition coefficient (Wildman–Crippen LogP) is 4.17. The van der Waals surface area contributed by atoms with E-state index in [0.29, 0.717) is 5.57 Å². The molecule has 1 fully saturated rings. The zero-order valence-corrected chi connectivity index (χ0v) is 13.5. The molecular weight excluding hydrogens is 318 g/mol. The first kappa shape index (κ1) is 15.1. The van der Waals surface area contributed by atoms with Crippen LogP contribution >= 0.6 is 15.9 Å². The molecule has 0 spiro atoms. The minimum Gasteiger partial charge on any atom is -0.478 e. The van der Waals surface area contributed by atoms with Crippen LogP contribution < -0.4 is 4.90 Å². The lowest BCUT2D eigenvalue weighted by molar-refractivity contribution is -0.132. The maximum Gasteiger partial charge on any atom is 0.331 e. The summed E-state index contributed by atoms with van der Waals surface area (Å²) in [6.07, 6.45) is 4.13. The molecule has 1 saturated heterocycles. The number of nitrogens with zero attached hydrogens (tertiary/aromatic N) is 1. The van der Waals surface area contributed by atoms with Gasteiger partial charge in [0.2, 0.25) is 0 Å². The van der Waals surface area contributed by atoms with Crippen molar-refractivity contribution in [2.45, 2.75) is 26.7 Å². The van der Waals surface area contributed by atoms with Gasteiger partial charge in [0.25, 0.3) is 0 Å². The molecule has 0 aliphatic carbocycles. The number of anilines is 1. The van der Waals surface area contributed by atoms with Crippen LogP contribution in [0.3, 0.4) is 0 Å². The molecule has 0 radical (unpaired) electrons. The van der Waals surface area contributed by atoms with E-state index in [1.54, 1.807) is 13.0 Å². The van der Waals surface area contributed by atoms with Crippen LogP contribution in [0.1, 0.15) is 32.3 Å². The molecule has 1 aromatic carbocycles. The van der Waals surface area contributed by atoms with Crippen LogP contribution in [0.25, 0.3) is 6.08 Å². The Bertz CT molecular complexity index is 531. The lowest BCUT2D eigenvalue weighted by Gasteiger charge is -2.33. The van der Waals surface area contributed by atoms with E-state index in [2.05, 4.69) is 33.8 Å². The Balaban J connectivity index is 2.33. The fourth-order valence-corrected chi connectivity index (χ4v) is 2.85. The molecule has 0 amide bonds. The van der Waals surface area contributed by atoms with Gasteiger partial charge in [0.05, 0.1) is 0 Å². The zero-order chi connectivity index (χ0) is 14.7. The maximum atomic E-state index is 11.0. The smallest absolute Gasteiger partial charge is 0.331 e. The molecular formula is C16H20BrNO2. The number of halogens is 1. The van der Waals surface area contributed by atoms with Crippen molar-refractivity contribution in [3.05, 3.63) is 33.8 Å². The van der Waals surface area contributed by atoms with Gasteiger partial charge in [-0.05, 0) is 55.5 Å². The summed E-state index contributed by atoms with van der Waals surface area (Å²) in [4.78, 5) is 13.4. The minimum absolute atomic E-state index is 0.356. The summed E-state index contributed by atoms with van der Waals surface area (Å²) in [5, 5.41) is 9.05. The highest BCUT2D eigenvalue weighted by Crippen LogP contribution is 2.30. The molecule has 0 atom stereocenters. The van der Waals surface area contributed by atoms with E-state index in [4.69, 9.17) is 5.11 Å². The Morgan fingerprint density at radius 3 is 2.65 bits per heavy atom. The van der Waals surface area contributed by atoms with Crippen LogP contribution in [-0.2, 0) is 4.79 Å². The zero-order valence-electron chi connectivity index (χ0n) is 11.9. The molecule has 1 aliphatic heterocycles. The molecule has 0 aromatic heterocycles. The Kier molecular flexibility index (Phi) is 4.86. The number of carboxylic acids is 1. The number of hydrogen-bond acceptors (Lipinski definition) is 2. The highest BCUT2D eigenvalue weighted by molar-refractivity contribution is 9.10. The van der Waals surface area contributed by atoms with Gasteiger partial charge in [-0.25, -0.2) is 4.79 Å². The van der Waals surface area contributed by atoms with E-state index >= 15 is 0 Å². The van der Waals surface area contributed by atoms with E-state index in [-0.39, 0.29) is 0 Å². The van der Waals surface area contributed by atoms with E-state index in [1.165, 1.54) is 12.8 Å². The number of benzene rings is 1. The molecule has 20 heavy (non-hydrogen) atoms. The molecule has 3 nitrogen and oxygen atoms in total. The molecule has 4 heteroatoms. The third-order valence-corrected chi connectivity index (χ3v) is 4.32. The fourth-order valence-electron chi connectivity index (χ4n) is 2.47. The maximum absolute atomic E-state index is 11.0. The largest absolute Gasteiger partial charge is 0.478 e. The van der Waals surface area contributed by atoms with E-state index in [1.807, 2.05) is 12.1 Å². The number of rotatable bonds is 3. The molecule has 1 heterocycles. The molecule has 0 unspecified atom stereocenters. The van der Waals surface area contributed by atoms with E-state index in [0.717, 1.165) is 34.7 Å². The van der Waals surface area contributed by atoms with Crippen molar-refractivity contribution in [3.63, 3.8) is 0 Å². The minimum atomic E-state index is -0.872. The van der Waals surface area contributed by atoms with Crippen molar-refractivity contribution in [3.8, 4) is 0 Å². The first-order chi connectivity index (χ1) is 9.47. The summed E-state index contributed by atoms with van der Waals surface area (Å²) in [6, 6.07) is 6.07. The first-order valence-corrected chi connectivity index (χ1v) is 7.73. The molecule has 1 N–H and O–H groups in total. The van der Waals surface area contributed by atoms with Gasteiger partial charge >= 0.3 is 5.97 Å². The molecule has 0 saturated carbocycles.